The zero-order valence-electron chi connectivity index (χ0n) is 36.0. The SMILES string of the molecule is N#Cc1nc(-c2ccc3ncoc3c2)c(-c2ccccc2)nc1N.Nc1cnc(-c2ccc3ncoc3c2)c(-c2ccccc2)n1.Nc1nc(-c2ccccc2)c(-c2ccc3ncoc3c2)nc1Br. The number of hydrogen-bond donors (Lipinski definition) is 3. The van der Waals surface area contributed by atoms with E-state index < -0.39 is 0 Å². The maximum atomic E-state index is 9.23. The predicted molar refractivity (Wildman–Crippen MR) is 267 cm³/mol. The Balaban J connectivity index is 0.000000120. The van der Waals surface area contributed by atoms with Gasteiger partial charge < -0.3 is 30.5 Å². The van der Waals surface area contributed by atoms with Crippen molar-refractivity contribution in [3.8, 4) is 73.6 Å². The molecule has 6 aromatic carbocycles. The summed E-state index contributed by atoms with van der Waals surface area (Å²) in [4.78, 5) is 39.2. The summed E-state index contributed by atoms with van der Waals surface area (Å²) in [7, 11) is 0. The van der Waals surface area contributed by atoms with E-state index in [1.165, 1.54) is 19.2 Å². The molecule has 0 radical (unpaired) electrons. The average molecular weight is 969 g/mol. The third-order valence-electron chi connectivity index (χ3n) is 10.7. The van der Waals surface area contributed by atoms with Crippen LogP contribution in [0.15, 0.2) is 189 Å². The first-order chi connectivity index (χ1) is 33.8. The molecular formula is C52H34BrN13O3. The molecule has 0 atom stereocenters. The molecule has 0 bridgehead atoms. The number of anilines is 3. The highest BCUT2D eigenvalue weighted by Gasteiger charge is 2.18. The van der Waals surface area contributed by atoms with Crippen LogP contribution >= 0.6 is 15.9 Å². The number of nitrogens with two attached hydrogens (primary N) is 3. The third kappa shape index (κ3) is 9.14. The van der Waals surface area contributed by atoms with Crippen molar-refractivity contribution in [3.63, 3.8) is 0 Å². The Morgan fingerprint density at radius 1 is 0.406 bits per heavy atom. The lowest BCUT2D eigenvalue weighted by Gasteiger charge is -2.10. The Kier molecular flexibility index (Phi) is 11.9. The summed E-state index contributed by atoms with van der Waals surface area (Å²) in [6, 6.07) is 48.3. The van der Waals surface area contributed by atoms with Gasteiger partial charge in [-0.05, 0) is 52.3 Å². The van der Waals surface area contributed by atoms with Gasteiger partial charge in [0.25, 0.3) is 0 Å². The molecule has 6 aromatic heterocycles. The molecule has 17 heteroatoms. The lowest BCUT2D eigenvalue weighted by atomic mass is 10.0. The topological polar surface area (TPSA) is 257 Å². The van der Waals surface area contributed by atoms with Gasteiger partial charge in [-0.15, -0.1) is 0 Å². The number of hydrogen-bond acceptors (Lipinski definition) is 16. The van der Waals surface area contributed by atoms with Crippen LogP contribution < -0.4 is 17.2 Å². The van der Waals surface area contributed by atoms with Crippen molar-refractivity contribution in [3.05, 3.63) is 181 Å². The van der Waals surface area contributed by atoms with E-state index >= 15 is 0 Å². The molecule has 69 heavy (non-hydrogen) atoms. The highest BCUT2D eigenvalue weighted by atomic mass is 79.9. The summed E-state index contributed by atoms with van der Waals surface area (Å²) in [5.41, 5.74) is 31.7. The molecule has 0 saturated carbocycles. The molecule has 0 saturated heterocycles. The van der Waals surface area contributed by atoms with Gasteiger partial charge in [-0.2, -0.15) is 5.26 Å². The van der Waals surface area contributed by atoms with Crippen molar-refractivity contribution >= 4 is 66.7 Å². The smallest absolute Gasteiger partial charge is 0.183 e. The summed E-state index contributed by atoms with van der Waals surface area (Å²) in [5, 5.41) is 9.23. The second-order valence-corrected chi connectivity index (χ2v) is 15.8. The van der Waals surface area contributed by atoms with Crippen LogP contribution in [-0.4, -0.2) is 44.9 Å². The fraction of sp³-hybridized carbons (Fsp3) is 0. The fourth-order valence-corrected chi connectivity index (χ4v) is 7.64. The van der Waals surface area contributed by atoms with E-state index in [0.29, 0.717) is 38.8 Å². The maximum absolute atomic E-state index is 9.23. The third-order valence-corrected chi connectivity index (χ3v) is 11.2. The summed E-state index contributed by atoms with van der Waals surface area (Å²) in [5.74, 6) is 0.859. The van der Waals surface area contributed by atoms with Gasteiger partial charge in [0, 0.05) is 33.4 Å². The number of oxazole rings is 3. The zero-order chi connectivity index (χ0) is 47.3. The molecule has 332 valence electrons. The number of nitrogen functional groups attached to an aromatic ring is 3. The van der Waals surface area contributed by atoms with Gasteiger partial charge in [0.1, 0.15) is 33.0 Å². The van der Waals surface area contributed by atoms with Crippen molar-refractivity contribution in [1.29, 1.82) is 5.26 Å². The van der Waals surface area contributed by atoms with E-state index in [2.05, 4.69) is 60.8 Å². The van der Waals surface area contributed by atoms with E-state index in [-0.39, 0.29) is 11.5 Å². The molecule has 16 nitrogen and oxygen atoms in total. The molecule has 6 N–H and O–H groups in total. The first-order valence-electron chi connectivity index (χ1n) is 21.0. The normalized spacial score (nSPS) is 10.8. The molecule has 0 fully saturated rings. The van der Waals surface area contributed by atoms with Crippen molar-refractivity contribution in [2.45, 2.75) is 0 Å². The lowest BCUT2D eigenvalue weighted by molar-refractivity contribution is 0.602. The highest BCUT2D eigenvalue weighted by molar-refractivity contribution is 9.10. The molecule has 6 heterocycles. The number of halogens is 1. The molecule has 12 aromatic rings. The van der Waals surface area contributed by atoms with Crippen molar-refractivity contribution in [2.24, 2.45) is 0 Å². The summed E-state index contributed by atoms with van der Waals surface area (Å²) in [6.07, 6.45) is 5.81. The van der Waals surface area contributed by atoms with Gasteiger partial charge in [-0.25, -0.2) is 39.9 Å². The summed E-state index contributed by atoms with van der Waals surface area (Å²) in [6.45, 7) is 0. The van der Waals surface area contributed by atoms with Crippen LogP contribution in [0, 0.1) is 11.3 Å². The van der Waals surface area contributed by atoms with E-state index in [1.54, 1.807) is 6.20 Å². The van der Waals surface area contributed by atoms with Gasteiger partial charge in [0.2, 0.25) is 0 Å². The maximum Gasteiger partial charge on any atom is 0.183 e. The molecule has 0 spiro atoms. The number of benzene rings is 6. The van der Waals surface area contributed by atoms with Gasteiger partial charge in [0.15, 0.2) is 53.3 Å². The molecule has 0 aliphatic rings. The van der Waals surface area contributed by atoms with Crippen molar-refractivity contribution in [2.75, 3.05) is 17.2 Å². The molecule has 0 aliphatic heterocycles. The van der Waals surface area contributed by atoms with Crippen LogP contribution in [0.25, 0.3) is 101 Å². The van der Waals surface area contributed by atoms with Gasteiger partial charge >= 0.3 is 0 Å². The van der Waals surface area contributed by atoms with E-state index in [0.717, 1.165) is 78.3 Å². The standard InChI is InChI=1S/C18H11N5O.C17H11BrN4O.C17H12N4O/c19-9-14-18(20)23-16(11-4-2-1-3-5-11)17(22-14)12-6-7-13-15(8-12)24-10-21-13;18-16-17(19)22-14(10-4-2-1-3-5-10)15(21-16)11-6-7-12-13(8-11)23-9-20-12;18-15-9-19-16(17(21-15)11-4-2-1-3-5-11)12-6-7-13-14(8-12)22-10-20-13/h1-8,10H,(H2,20,23);1-9H,(H2,19,22);1-10H,(H2,18,21). The van der Waals surface area contributed by atoms with Gasteiger partial charge in [-0.1, -0.05) is 109 Å². The predicted octanol–water partition coefficient (Wildman–Crippen LogP) is 11.2. The van der Waals surface area contributed by atoms with Crippen LogP contribution in [-0.2, 0) is 0 Å². The van der Waals surface area contributed by atoms with Crippen LogP contribution in [0.5, 0.6) is 0 Å². The fourth-order valence-electron chi connectivity index (χ4n) is 7.37. The molecule has 12 rings (SSSR count). The molecule has 0 aliphatic carbocycles. The first-order valence-corrected chi connectivity index (χ1v) is 21.8. The summed E-state index contributed by atoms with van der Waals surface area (Å²) >= 11 is 3.36. The van der Waals surface area contributed by atoms with E-state index in [1.807, 2.05) is 152 Å². The number of nitriles is 1. The van der Waals surface area contributed by atoms with Crippen molar-refractivity contribution < 1.29 is 13.3 Å². The monoisotopic (exact) mass is 967 g/mol. The number of rotatable bonds is 6. The lowest BCUT2D eigenvalue weighted by Crippen LogP contribution is -2.03. The first kappa shape index (κ1) is 43.2. The van der Waals surface area contributed by atoms with Crippen LogP contribution in [0.2, 0.25) is 0 Å². The quantitative estimate of drug-likeness (QED) is 0.140. The Labute approximate surface area is 400 Å². The second-order valence-electron chi connectivity index (χ2n) is 15.1. The van der Waals surface area contributed by atoms with E-state index in [4.69, 9.17) is 30.5 Å². The zero-order valence-corrected chi connectivity index (χ0v) is 37.6. The Morgan fingerprint density at radius 3 is 1.25 bits per heavy atom. The Morgan fingerprint density at radius 2 is 0.797 bits per heavy atom. The van der Waals surface area contributed by atoms with Crippen LogP contribution in [0.4, 0.5) is 17.5 Å². The minimum Gasteiger partial charge on any atom is -0.443 e. The molecule has 0 unspecified atom stereocenters. The van der Waals surface area contributed by atoms with Crippen molar-refractivity contribution in [1.82, 2.24) is 44.9 Å². The highest BCUT2D eigenvalue weighted by Crippen LogP contribution is 2.35. The van der Waals surface area contributed by atoms with Crippen LogP contribution in [0.3, 0.4) is 0 Å². The minimum atomic E-state index is 0.0994. The average Bonchev–Trinajstić information content (AvgIpc) is 4.20. The summed E-state index contributed by atoms with van der Waals surface area (Å²) < 4.78 is 16.6. The number of aromatic nitrogens is 9. The minimum absolute atomic E-state index is 0.0994. The number of nitrogens with zero attached hydrogens (tertiary/aromatic N) is 10. The molecular weight excluding hydrogens is 935 g/mol. The van der Waals surface area contributed by atoms with Crippen LogP contribution in [0.1, 0.15) is 5.69 Å². The van der Waals surface area contributed by atoms with E-state index in [9.17, 15) is 5.26 Å². The van der Waals surface area contributed by atoms with Gasteiger partial charge in [0.05, 0.1) is 40.4 Å². The second kappa shape index (κ2) is 19.1. The Bertz CT molecular complexity index is 3820. The Hall–Kier alpha value is -9.66. The number of fused-ring (bicyclic) bond motifs is 3. The molecule has 0 amide bonds. The van der Waals surface area contributed by atoms with Gasteiger partial charge in [-0.3, -0.25) is 4.98 Å². The largest absolute Gasteiger partial charge is 0.443 e.